The first-order valence-corrected chi connectivity index (χ1v) is 8.24. The molecule has 1 aliphatic heterocycles. The molecular formula is C13H18N2O4S. The lowest BCUT2D eigenvalue weighted by molar-refractivity contribution is -0.142. The van der Waals surface area contributed by atoms with Gasteiger partial charge in [0.05, 0.1) is 5.75 Å². The number of aliphatic carboxylic acids is 1. The predicted molar refractivity (Wildman–Crippen MR) is 73.7 cm³/mol. The van der Waals surface area contributed by atoms with Crippen LogP contribution >= 0.6 is 0 Å². The molecule has 7 heteroatoms. The lowest BCUT2D eigenvalue weighted by Crippen LogP contribution is -2.48. The Balaban J connectivity index is 2.06. The molecule has 1 aromatic heterocycles. The SMILES string of the molecule is O=C(O)[C@H]1CCCCN1S(=O)(=O)CCc1ccccn1. The van der Waals surface area contributed by atoms with Crippen LogP contribution in [-0.2, 0) is 21.2 Å². The number of carboxylic acid groups (broad SMARTS) is 1. The van der Waals surface area contributed by atoms with Crippen molar-refractivity contribution in [2.75, 3.05) is 12.3 Å². The molecule has 1 saturated heterocycles. The molecule has 2 heterocycles. The van der Waals surface area contributed by atoms with Gasteiger partial charge in [0.15, 0.2) is 0 Å². The van der Waals surface area contributed by atoms with Crippen LogP contribution in [0.5, 0.6) is 0 Å². The standard InChI is InChI=1S/C13H18N2O4S/c16-13(17)12-6-2-4-9-15(12)20(18,19)10-7-11-5-1-3-8-14-11/h1,3,5,8,12H,2,4,6-7,9-10H2,(H,16,17)/t12-/m1/s1. The molecule has 1 aromatic rings. The lowest BCUT2D eigenvalue weighted by Gasteiger charge is -2.31. The second kappa shape index (κ2) is 6.32. The molecule has 0 aromatic carbocycles. The van der Waals surface area contributed by atoms with E-state index in [2.05, 4.69) is 4.98 Å². The fourth-order valence-corrected chi connectivity index (χ4v) is 4.07. The molecular weight excluding hydrogens is 280 g/mol. The van der Waals surface area contributed by atoms with Gasteiger partial charge in [0.25, 0.3) is 0 Å². The summed E-state index contributed by atoms with van der Waals surface area (Å²) in [5.74, 6) is -1.17. The van der Waals surface area contributed by atoms with Crippen molar-refractivity contribution in [3.05, 3.63) is 30.1 Å². The summed E-state index contributed by atoms with van der Waals surface area (Å²) in [6, 6.07) is 4.41. The van der Waals surface area contributed by atoms with Gasteiger partial charge < -0.3 is 5.11 Å². The second-order valence-corrected chi connectivity index (χ2v) is 6.89. The third-order valence-electron chi connectivity index (χ3n) is 3.44. The van der Waals surface area contributed by atoms with Crippen molar-refractivity contribution in [2.24, 2.45) is 0 Å². The first-order valence-electron chi connectivity index (χ1n) is 6.63. The molecule has 1 aliphatic rings. The van der Waals surface area contributed by atoms with Crippen molar-refractivity contribution in [1.82, 2.24) is 9.29 Å². The molecule has 1 atom stereocenters. The van der Waals surface area contributed by atoms with Crippen LogP contribution < -0.4 is 0 Å². The minimum absolute atomic E-state index is 0.103. The number of sulfonamides is 1. The van der Waals surface area contributed by atoms with Gasteiger partial charge in [-0.15, -0.1) is 0 Å². The number of aromatic nitrogens is 1. The molecule has 20 heavy (non-hydrogen) atoms. The summed E-state index contributed by atoms with van der Waals surface area (Å²) in [5, 5.41) is 9.14. The van der Waals surface area contributed by atoms with Crippen molar-refractivity contribution >= 4 is 16.0 Å². The number of hydrogen-bond acceptors (Lipinski definition) is 4. The second-order valence-electron chi connectivity index (χ2n) is 4.85. The summed E-state index contributed by atoms with van der Waals surface area (Å²) in [7, 11) is -3.56. The van der Waals surface area contributed by atoms with E-state index >= 15 is 0 Å². The molecule has 0 spiro atoms. The van der Waals surface area contributed by atoms with E-state index < -0.39 is 22.0 Å². The average Bonchev–Trinajstić information content (AvgIpc) is 2.46. The smallest absolute Gasteiger partial charge is 0.322 e. The van der Waals surface area contributed by atoms with E-state index in [0.717, 1.165) is 10.7 Å². The van der Waals surface area contributed by atoms with Gasteiger partial charge in [0.2, 0.25) is 10.0 Å². The van der Waals surface area contributed by atoms with Crippen LogP contribution in [-0.4, -0.2) is 47.1 Å². The van der Waals surface area contributed by atoms with Crippen molar-refractivity contribution < 1.29 is 18.3 Å². The van der Waals surface area contributed by atoms with E-state index in [1.54, 1.807) is 24.4 Å². The van der Waals surface area contributed by atoms with E-state index in [1.165, 1.54) is 0 Å². The molecule has 2 rings (SSSR count). The monoisotopic (exact) mass is 298 g/mol. The first-order chi connectivity index (χ1) is 9.50. The van der Waals surface area contributed by atoms with Gasteiger partial charge in [-0.1, -0.05) is 6.07 Å². The molecule has 0 radical (unpaired) electrons. The van der Waals surface area contributed by atoms with Crippen molar-refractivity contribution in [3.63, 3.8) is 0 Å². The van der Waals surface area contributed by atoms with Crippen LogP contribution in [0.4, 0.5) is 0 Å². The van der Waals surface area contributed by atoms with Gasteiger partial charge in [-0.25, -0.2) is 8.42 Å². The Morgan fingerprint density at radius 2 is 2.20 bits per heavy atom. The number of hydrogen-bond donors (Lipinski definition) is 1. The van der Waals surface area contributed by atoms with E-state index in [0.29, 0.717) is 31.5 Å². The summed E-state index contributed by atoms with van der Waals surface area (Å²) in [5.41, 5.74) is 0.694. The number of carboxylic acids is 1. The van der Waals surface area contributed by atoms with Gasteiger partial charge in [-0.3, -0.25) is 9.78 Å². The largest absolute Gasteiger partial charge is 0.480 e. The molecule has 1 fully saturated rings. The number of piperidine rings is 1. The maximum atomic E-state index is 12.3. The summed E-state index contributed by atoms with van der Waals surface area (Å²) < 4.78 is 25.8. The number of pyridine rings is 1. The molecule has 1 N–H and O–H groups in total. The number of rotatable bonds is 5. The first kappa shape index (κ1) is 14.9. The molecule has 6 nitrogen and oxygen atoms in total. The number of carbonyl (C=O) groups is 1. The normalized spacial score (nSPS) is 20.7. The quantitative estimate of drug-likeness (QED) is 0.872. The number of nitrogens with zero attached hydrogens (tertiary/aromatic N) is 2. The Kier molecular flexibility index (Phi) is 4.72. The highest BCUT2D eigenvalue weighted by Gasteiger charge is 2.36. The van der Waals surface area contributed by atoms with Gasteiger partial charge >= 0.3 is 5.97 Å². The zero-order valence-corrected chi connectivity index (χ0v) is 11.9. The van der Waals surface area contributed by atoms with Gasteiger partial charge in [0.1, 0.15) is 6.04 Å². The molecule has 0 bridgehead atoms. The van der Waals surface area contributed by atoms with Crippen LogP contribution in [0.15, 0.2) is 24.4 Å². The maximum Gasteiger partial charge on any atom is 0.322 e. The van der Waals surface area contributed by atoms with Gasteiger partial charge in [0, 0.05) is 24.9 Å². The molecule has 0 amide bonds. The fourth-order valence-electron chi connectivity index (χ4n) is 2.38. The van der Waals surface area contributed by atoms with E-state index in [4.69, 9.17) is 5.11 Å². The van der Waals surface area contributed by atoms with E-state index in [1.807, 2.05) is 0 Å². The van der Waals surface area contributed by atoms with Crippen LogP contribution in [0.25, 0.3) is 0 Å². The van der Waals surface area contributed by atoms with Crippen molar-refractivity contribution in [1.29, 1.82) is 0 Å². The Bertz CT molecular complexity index is 559. The van der Waals surface area contributed by atoms with Crippen LogP contribution in [0.2, 0.25) is 0 Å². The fraction of sp³-hybridized carbons (Fsp3) is 0.538. The third kappa shape index (κ3) is 3.55. The van der Waals surface area contributed by atoms with Gasteiger partial charge in [-0.2, -0.15) is 4.31 Å². The van der Waals surface area contributed by atoms with E-state index in [9.17, 15) is 13.2 Å². The summed E-state index contributed by atoms with van der Waals surface area (Å²) >= 11 is 0. The topological polar surface area (TPSA) is 87.6 Å². The molecule has 110 valence electrons. The Hall–Kier alpha value is -1.47. The maximum absolute atomic E-state index is 12.3. The van der Waals surface area contributed by atoms with E-state index in [-0.39, 0.29) is 5.75 Å². The third-order valence-corrected chi connectivity index (χ3v) is 5.31. The minimum atomic E-state index is -3.56. The van der Waals surface area contributed by atoms with Crippen LogP contribution in [0.3, 0.4) is 0 Å². The molecule has 0 saturated carbocycles. The Labute approximate surface area is 118 Å². The lowest BCUT2D eigenvalue weighted by atomic mass is 10.1. The Morgan fingerprint density at radius 3 is 2.85 bits per heavy atom. The zero-order valence-electron chi connectivity index (χ0n) is 11.1. The summed E-state index contributed by atoms with van der Waals surface area (Å²) in [6.07, 6.45) is 3.77. The van der Waals surface area contributed by atoms with Crippen molar-refractivity contribution in [3.8, 4) is 0 Å². The molecule has 0 aliphatic carbocycles. The highest BCUT2D eigenvalue weighted by atomic mass is 32.2. The summed E-state index contributed by atoms with van der Waals surface area (Å²) in [6.45, 7) is 0.293. The molecule has 0 unspecified atom stereocenters. The summed E-state index contributed by atoms with van der Waals surface area (Å²) in [4.78, 5) is 15.2. The van der Waals surface area contributed by atoms with Crippen LogP contribution in [0.1, 0.15) is 25.0 Å². The van der Waals surface area contributed by atoms with Crippen molar-refractivity contribution in [2.45, 2.75) is 31.7 Å². The Morgan fingerprint density at radius 1 is 1.40 bits per heavy atom. The average molecular weight is 298 g/mol. The van der Waals surface area contributed by atoms with Crippen LogP contribution in [0, 0.1) is 0 Å². The predicted octanol–water partition coefficient (Wildman–Crippen LogP) is 0.893. The highest BCUT2D eigenvalue weighted by Crippen LogP contribution is 2.21. The number of aryl methyl sites for hydroxylation is 1. The minimum Gasteiger partial charge on any atom is -0.480 e. The van der Waals surface area contributed by atoms with Gasteiger partial charge in [-0.05, 0) is 31.4 Å². The highest BCUT2D eigenvalue weighted by molar-refractivity contribution is 7.89. The zero-order chi connectivity index (χ0) is 14.6.